The van der Waals surface area contributed by atoms with E-state index in [-0.39, 0.29) is 10.6 Å². The molecular formula is C18H30N4O4S2. The van der Waals surface area contributed by atoms with E-state index in [4.69, 9.17) is 0 Å². The van der Waals surface area contributed by atoms with Crippen LogP contribution >= 0.6 is 0 Å². The van der Waals surface area contributed by atoms with Crippen molar-refractivity contribution in [3.05, 3.63) is 29.8 Å². The molecule has 158 valence electrons. The van der Waals surface area contributed by atoms with E-state index in [0.29, 0.717) is 32.1 Å². The van der Waals surface area contributed by atoms with Gasteiger partial charge in [0.2, 0.25) is 10.0 Å². The molecule has 10 heteroatoms. The molecule has 1 heterocycles. The van der Waals surface area contributed by atoms with E-state index in [1.165, 1.54) is 18.4 Å². The molecule has 1 aromatic rings. The molecule has 0 aromatic heterocycles. The predicted molar refractivity (Wildman–Crippen MR) is 112 cm³/mol. The standard InChI is InChI=1S/C18H30N4O4S2/c1-6-19-17(22-11-12-27(23,24)18(2,3)14-22)20-13-15-7-9-16(10-8-15)28(25,26)21(4)5/h7-10H,6,11-14H2,1-5H3,(H,19,20). The van der Waals surface area contributed by atoms with Gasteiger partial charge in [0.1, 0.15) is 0 Å². The molecule has 1 aliphatic heterocycles. The quantitative estimate of drug-likeness (QED) is 0.551. The Bertz CT molecular complexity index is 921. The summed E-state index contributed by atoms with van der Waals surface area (Å²) >= 11 is 0. The monoisotopic (exact) mass is 430 g/mol. The summed E-state index contributed by atoms with van der Waals surface area (Å²) in [5, 5.41) is 3.22. The second-order valence-electron chi connectivity index (χ2n) is 7.60. The first-order valence-corrected chi connectivity index (χ1v) is 12.3. The van der Waals surface area contributed by atoms with Gasteiger partial charge >= 0.3 is 0 Å². The number of aliphatic imine (C=N–C) groups is 1. The fourth-order valence-corrected chi connectivity index (χ4v) is 5.16. The second kappa shape index (κ2) is 8.38. The lowest BCUT2D eigenvalue weighted by Gasteiger charge is -2.39. The zero-order valence-electron chi connectivity index (χ0n) is 17.1. The normalized spacial score (nSPS) is 19.6. The molecular weight excluding hydrogens is 400 g/mol. The third kappa shape index (κ3) is 4.84. The Balaban J connectivity index is 2.17. The van der Waals surface area contributed by atoms with Crippen LogP contribution in [-0.2, 0) is 26.4 Å². The zero-order valence-corrected chi connectivity index (χ0v) is 18.8. The number of guanidine groups is 1. The van der Waals surface area contributed by atoms with E-state index in [9.17, 15) is 16.8 Å². The highest BCUT2D eigenvalue weighted by molar-refractivity contribution is 7.92. The Morgan fingerprint density at radius 2 is 1.86 bits per heavy atom. The molecule has 1 fully saturated rings. The topological polar surface area (TPSA) is 99.2 Å². The Hall–Kier alpha value is -1.65. The van der Waals surface area contributed by atoms with Crippen molar-refractivity contribution in [3.8, 4) is 0 Å². The van der Waals surface area contributed by atoms with Crippen LogP contribution in [0.25, 0.3) is 0 Å². The first-order valence-electron chi connectivity index (χ1n) is 9.18. The smallest absolute Gasteiger partial charge is 0.242 e. The summed E-state index contributed by atoms with van der Waals surface area (Å²) in [7, 11) is -3.58. The summed E-state index contributed by atoms with van der Waals surface area (Å²) < 4.78 is 49.1. The molecule has 28 heavy (non-hydrogen) atoms. The molecule has 0 atom stereocenters. The summed E-state index contributed by atoms with van der Waals surface area (Å²) in [5.74, 6) is 0.761. The molecule has 2 rings (SSSR count). The zero-order chi connectivity index (χ0) is 21.2. The van der Waals surface area contributed by atoms with E-state index in [1.54, 1.807) is 38.1 Å². The van der Waals surface area contributed by atoms with Gasteiger partial charge in [-0.3, -0.25) is 0 Å². The van der Waals surface area contributed by atoms with Crippen LogP contribution in [0, 0.1) is 0 Å². The van der Waals surface area contributed by atoms with Crippen LogP contribution in [0.2, 0.25) is 0 Å². The van der Waals surface area contributed by atoms with Crippen LogP contribution < -0.4 is 5.32 Å². The molecule has 0 radical (unpaired) electrons. The maximum Gasteiger partial charge on any atom is 0.242 e. The Kier molecular flexibility index (Phi) is 6.78. The average Bonchev–Trinajstić information content (AvgIpc) is 2.61. The van der Waals surface area contributed by atoms with E-state index >= 15 is 0 Å². The average molecular weight is 431 g/mol. The van der Waals surface area contributed by atoms with Gasteiger partial charge in [-0.25, -0.2) is 26.1 Å². The maximum absolute atomic E-state index is 12.2. The highest BCUT2D eigenvalue weighted by Gasteiger charge is 2.40. The summed E-state index contributed by atoms with van der Waals surface area (Å²) in [6, 6.07) is 6.63. The van der Waals surface area contributed by atoms with Gasteiger partial charge in [-0.1, -0.05) is 12.1 Å². The summed E-state index contributed by atoms with van der Waals surface area (Å²) in [6.07, 6.45) is 0. The molecule has 0 aliphatic carbocycles. The third-order valence-electron chi connectivity index (χ3n) is 4.79. The fourth-order valence-electron chi connectivity index (χ4n) is 2.89. The van der Waals surface area contributed by atoms with Gasteiger partial charge in [0.05, 0.1) is 21.9 Å². The number of sulfone groups is 1. The van der Waals surface area contributed by atoms with Crippen molar-refractivity contribution in [3.63, 3.8) is 0 Å². The van der Waals surface area contributed by atoms with Crippen molar-refractivity contribution in [1.29, 1.82) is 0 Å². The van der Waals surface area contributed by atoms with Crippen molar-refractivity contribution in [2.24, 2.45) is 4.99 Å². The number of hydrogen-bond donors (Lipinski definition) is 1. The molecule has 0 saturated carbocycles. The van der Waals surface area contributed by atoms with Gasteiger partial charge in [-0.05, 0) is 38.5 Å². The number of hydrogen-bond acceptors (Lipinski definition) is 5. The van der Waals surface area contributed by atoms with Crippen molar-refractivity contribution in [2.45, 2.75) is 37.0 Å². The molecule has 1 aliphatic rings. The fraction of sp³-hybridized carbons (Fsp3) is 0.611. The van der Waals surface area contributed by atoms with Gasteiger partial charge in [-0.15, -0.1) is 0 Å². The van der Waals surface area contributed by atoms with Crippen LogP contribution in [0.4, 0.5) is 0 Å². The predicted octanol–water partition coefficient (Wildman–Crippen LogP) is 0.911. The van der Waals surface area contributed by atoms with Gasteiger partial charge in [0.15, 0.2) is 15.8 Å². The molecule has 0 amide bonds. The minimum atomic E-state index is -3.45. The van der Waals surface area contributed by atoms with Crippen molar-refractivity contribution >= 4 is 25.8 Å². The molecule has 1 saturated heterocycles. The lowest BCUT2D eigenvalue weighted by molar-refractivity contribution is 0.353. The summed E-state index contributed by atoms with van der Waals surface area (Å²) in [5.41, 5.74) is 0.872. The van der Waals surface area contributed by atoms with E-state index in [1.807, 2.05) is 11.8 Å². The molecule has 0 unspecified atom stereocenters. The lowest BCUT2D eigenvalue weighted by atomic mass is 10.2. The highest BCUT2D eigenvalue weighted by Crippen LogP contribution is 2.24. The molecule has 8 nitrogen and oxygen atoms in total. The van der Waals surface area contributed by atoms with Crippen molar-refractivity contribution in [1.82, 2.24) is 14.5 Å². The minimum Gasteiger partial charge on any atom is -0.357 e. The first kappa shape index (κ1) is 22.6. The van der Waals surface area contributed by atoms with Gasteiger partial charge in [0.25, 0.3) is 0 Å². The molecule has 0 bridgehead atoms. The second-order valence-corrected chi connectivity index (χ2v) is 12.5. The largest absolute Gasteiger partial charge is 0.357 e. The number of nitrogens with one attached hydrogen (secondary N) is 1. The number of rotatable bonds is 5. The van der Waals surface area contributed by atoms with E-state index in [0.717, 1.165) is 5.56 Å². The van der Waals surface area contributed by atoms with Crippen LogP contribution in [0.1, 0.15) is 26.3 Å². The van der Waals surface area contributed by atoms with Crippen LogP contribution in [-0.4, -0.2) is 76.2 Å². The van der Waals surface area contributed by atoms with Crippen LogP contribution in [0.5, 0.6) is 0 Å². The maximum atomic E-state index is 12.2. The first-order chi connectivity index (χ1) is 12.9. The van der Waals surface area contributed by atoms with E-state index < -0.39 is 24.6 Å². The van der Waals surface area contributed by atoms with Gasteiger partial charge in [-0.2, -0.15) is 0 Å². The van der Waals surface area contributed by atoms with Gasteiger partial charge in [0, 0.05) is 33.7 Å². The number of nitrogens with zero attached hydrogens (tertiary/aromatic N) is 3. The Labute approximate surface area is 168 Å². The summed E-state index contributed by atoms with van der Waals surface area (Å²) in [4.78, 5) is 6.83. The van der Waals surface area contributed by atoms with E-state index in [2.05, 4.69) is 10.3 Å². The summed E-state index contributed by atoms with van der Waals surface area (Å²) in [6.45, 7) is 7.25. The van der Waals surface area contributed by atoms with Crippen molar-refractivity contribution in [2.75, 3.05) is 39.5 Å². The molecule has 1 N–H and O–H groups in total. The highest BCUT2D eigenvalue weighted by atomic mass is 32.2. The third-order valence-corrected chi connectivity index (χ3v) is 9.15. The minimum absolute atomic E-state index is 0.0987. The lowest BCUT2D eigenvalue weighted by Crippen LogP contribution is -2.57. The van der Waals surface area contributed by atoms with Crippen molar-refractivity contribution < 1.29 is 16.8 Å². The number of benzene rings is 1. The molecule has 0 spiro atoms. The van der Waals surface area contributed by atoms with Crippen LogP contribution in [0.3, 0.4) is 0 Å². The molecule has 1 aromatic carbocycles. The Morgan fingerprint density at radius 1 is 1.25 bits per heavy atom. The Morgan fingerprint density at radius 3 is 2.36 bits per heavy atom. The van der Waals surface area contributed by atoms with Gasteiger partial charge < -0.3 is 10.2 Å². The number of sulfonamides is 1. The SMILES string of the molecule is CCNC(=NCc1ccc(S(=O)(=O)N(C)C)cc1)N1CCS(=O)(=O)C(C)(C)C1. The van der Waals surface area contributed by atoms with Crippen LogP contribution in [0.15, 0.2) is 34.2 Å².